The lowest BCUT2D eigenvalue weighted by Gasteiger charge is -2.31. The summed E-state index contributed by atoms with van der Waals surface area (Å²) in [5.41, 5.74) is 9.28. The summed E-state index contributed by atoms with van der Waals surface area (Å²) in [6.45, 7) is 4.23. The molecule has 106 valence electrons. The van der Waals surface area contributed by atoms with Crippen molar-refractivity contribution >= 4 is 0 Å². The zero-order valence-corrected chi connectivity index (χ0v) is 12.5. The molecular formula is C17H27NO. The Morgan fingerprint density at radius 2 is 2.11 bits per heavy atom. The van der Waals surface area contributed by atoms with E-state index in [1.165, 1.54) is 30.4 Å². The molecule has 19 heavy (non-hydrogen) atoms. The minimum atomic E-state index is -0.117. The highest BCUT2D eigenvalue weighted by molar-refractivity contribution is 5.32. The molecule has 2 unspecified atom stereocenters. The average Bonchev–Trinajstić information content (AvgIpc) is 2.38. The Labute approximate surface area is 117 Å². The van der Waals surface area contributed by atoms with E-state index in [4.69, 9.17) is 10.5 Å². The molecule has 1 aliphatic rings. The maximum Gasteiger partial charge on any atom is 0.0637 e. The van der Waals surface area contributed by atoms with Gasteiger partial charge in [-0.1, -0.05) is 24.3 Å². The van der Waals surface area contributed by atoms with E-state index >= 15 is 0 Å². The molecule has 1 aromatic rings. The van der Waals surface area contributed by atoms with Gasteiger partial charge in [0.2, 0.25) is 0 Å². The number of fused-ring (bicyclic) bond motifs is 1. The second-order valence-corrected chi connectivity index (χ2v) is 6.45. The SMILES string of the molecule is COC(C)(C)CC(N)CC1CCCc2ccccc21. The van der Waals surface area contributed by atoms with Crippen molar-refractivity contribution in [1.29, 1.82) is 0 Å². The monoisotopic (exact) mass is 261 g/mol. The third-order valence-corrected chi connectivity index (χ3v) is 4.39. The molecule has 2 heteroatoms. The fourth-order valence-corrected chi connectivity index (χ4v) is 3.26. The first-order valence-corrected chi connectivity index (χ1v) is 7.40. The van der Waals surface area contributed by atoms with Crippen LogP contribution in [0.25, 0.3) is 0 Å². The van der Waals surface area contributed by atoms with Gasteiger partial charge in [0.15, 0.2) is 0 Å². The molecule has 0 aromatic heterocycles. The third kappa shape index (κ3) is 3.80. The Morgan fingerprint density at radius 1 is 1.37 bits per heavy atom. The van der Waals surface area contributed by atoms with Gasteiger partial charge in [0.25, 0.3) is 0 Å². The Bertz CT molecular complexity index is 413. The van der Waals surface area contributed by atoms with Gasteiger partial charge in [0, 0.05) is 13.2 Å². The average molecular weight is 261 g/mol. The molecule has 0 aliphatic heterocycles. The number of aryl methyl sites for hydroxylation is 1. The van der Waals surface area contributed by atoms with E-state index in [-0.39, 0.29) is 11.6 Å². The molecule has 0 heterocycles. The molecular weight excluding hydrogens is 234 g/mol. The van der Waals surface area contributed by atoms with Crippen LogP contribution in [-0.2, 0) is 11.2 Å². The number of nitrogens with two attached hydrogens (primary N) is 1. The summed E-state index contributed by atoms with van der Waals surface area (Å²) in [6, 6.07) is 9.07. The van der Waals surface area contributed by atoms with Gasteiger partial charge in [-0.05, 0) is 63.0 Å². The number of rotatable bonds is 5. The highest BCUT2D eigenvalue weighted by Gasteiger charge is 2.25. The molecule has 0 spiro atoms. The van der Waals surface area contributed by atoms with Crippen LogP contribution in [0.3, 0.4) is 0 Å². The van der Waals surface area contributed by atoms with Crippen molar-refractivity contribution in [1.82, 2.24) is 0 Å². The van der Waals surface area contributed by atoms with Crippen molar-refractivity contribution in [3.05, 3.63) is 35.4 Å². The first-order chi connectivity index (χ1) is 9.02. The van der Waals surface area contributed by atoms with Gasteiger partial charge in [-0.25, -0.2) is 0 Å². The lowest BCUT2D eigenvalue weighted by Crippen LogP contribution is -2.35. The van der Waals surface area contributed by atoms with E-state index < -0.39 is 0 Å². The van der Waals surface area contributed by atoms with Gasteiger partial charge >= 0.3 is 0 Å². The van der Waals surface area contributed by atoms with Crippen molar-refractivity contribution in [2.45, 2.75) is 63.5 Å². The van der Waals surface area contributed by atoms with Gasteiger partial charge < -0.3 is 10.5 Å². The highest BCUT2D eigenvalue weighted by Crippen LogP contribution is 2.35. The molecule has 0 amide bonds. The van der Waals surface area contributed by atoms with Gasteiger partial charge in [0.1, 0.15) is 0 Å². The second-order valence-electron chi connectivity index (χ2n) is 6.45. The van der Waals surface area contributed by atoms with Crippen molar-refractivity contribution in [2.75, 3.05) is 7.11 Å². The smallest absolute Gasteiger partial charge is 0.0637 e. The number of hydrogen-bond donors (Lipinski definition) is 1. The Balaban J connectivity index is 2.01. The molecule has 2 rings (SSSR count). The van der Waals surface area contributed by atoms with Gasteiger partial charge in [-0.2, -0.15) is 0 Å². The van der Waals surface area contributed by atoms with Crippen LogP contribution in [0.15, 0.2) is 24.3 Å². The van der Waals surface area contributed by atoms with Crippen LogP contribution in [-0.4, -0.2) is 18.8 Å². The molecule has 0 bridgehead atoms. The van der Waals surface area contributed by atoms with Crippen molar-refractivity contribution in [3.63, 3.8) is 0 Å². The maximum absolute atomic E-state index is 6.34. The minimum Gasteiger partial charge on any atom is -0.379 e. The molecule has 0 fully saturated rings. The van der Waals surface area contributed by atoms with Crippen LogP contribution in [0.5, 0.6) is 0 Å². The van der Waals surface area contributed by atoms with Crippen molar-refractivity contribution in [2.24, 2.45) is 5.73 Å². The molecule has 0 saturated heterocycles. The predicted molar refractivity (Wildman–Crippen MR) is 80.4 cm³/mol. The first-order valence-electron chi connectivity index (χ1n) is 7.40. The number of hydrogen-bond acceptors (Lipinski definition) is 2. The lowest BCUT2D eigenvalue weighted by atomic mass is 9.78. The van der Waals surface area contributed by atoms with E-state index in [9.17, 15) is 0 Å². The molecule has 2 N–H and O–H groups in total. The maximum atomic E-state index is 6.34. The summed E-state index contributed by atoms with van der Waals surface area (Å²) < 4.78 is 5.49. The number of ether oxygens (including phenoxy) is 1. The number of methoxy groups -OCH3 is 1. The summed E-state index contributed by atoms with van der Waals surface area (Å²) in [5, 5.41) is 0. The predicted octanol–water partition coefficient (Wildman–Crippen LogP) is 3.64. The zero-order chi connectivity index (χ0) is 13.9. The van der Waals surface area contributed by atoms with Gasteiger partial charge in [0.05, 0.1) is 5.60 Å². The molecule has 0 saturated carbocycles. The van der Waals surface area contributed by atoms with Crippen molar-refractivity contribution < 1.29 is 4.74 Å². The van der Waals surface area contributed by atoms with Crippen LogP contribution in [0, 0.1) is 0 Å². The lowest BCUT2D eigenvalue weighted by molar-refractivity contribution is 0.00898. The van der Waals surface area contributed by atoms with E-state index in [0.717, 1.165) is 12.8 Å². The standard InChI is InChI=1S/C17H27NO/c1-17(2,19-3)12-15(18)11-14-9-6-8-13-7-4-5-10-16(13)14/h4-5,7,10,14-15H,6,8-9,11-12,18H2,1-3H3. The Kier molecular flexibility index (Phi) is 4.64. The zero-order valence-electron chi connectivity index (χ0n) is 12.5. The Morgan fingerprint density at radius 3 is 2.84 bits per heavy atom. The summed E-state index contributed by atoms with van der Waals surface area (Å²) >= 11 is 0. The quantitative estimate of drug-likeness (QED) is 0.878. The first kappa shape index (κ1) is 14.5. The molecule has 2 atom stereocenters. The third-order valence-electron chi connectivity index (χ3n) is 4.39. The molecule has 1 aromatic carbocycles. The van der Waals surface area contributed by atoms with E-state index in [1.807, 2.05) is 0 Å². The summed E-state index contributed by atoms with van der Waals surface area (Å²) in [5.74, 6) is 0.632. The van der Waals surface area contributed by atoms with Gasteiger partial charge in [-0.15, -0.1) is 0 Å². The summed E-state index contributed by atoms with van der Waals surface area (Å²) in [4.78, 5) is 0. The second kappa shape index (κ2) is 6.06. The van der Waals surface area contributed by atoms with Crippen LogP contribution in [0.2, 0.25) is 0 Å². The topological polar surface area (TPSA) is 35.2 Å². The summed E-state index contributed by atoms with van der Waals surface area (Å²) in [6.07, 6.45) is 5.79. The summed E-state index contributed by atoms with van der Waals surface area (Å²) in [7, 11) is 1.77. The minimum absolute atomic E-state index is 0.117. The van der Waals surface area contributed by atoms with Crippen LogP contribution in [0.1, 0.15) is 56.6 Å². The largest absolute Gasteiger partial charge is 0.379 e. The van der Waals surface area contributed by atoms with Crippen LogP contribution < -0.4 is 5.73 Å². The van der Waals surface area contributed by atoms with E-state index in [1.54, 1.807) is 7.11 Å². The van der Waals surface area contributed by atoms with Crippen LogP contribution in [0.4, 0.5) is 0 Å². The number of benzene rings is 1. The molecule has 1 aliphatic carbocycles. The van der Waals surface area contributed by atoms with E-state index in [2.05, 4.69) is 38.1 Å². The Hall–Kier alpha value is -0.860. The molecule has 0 radical (unpaired) electrons. The molecule has 2 nitrogen and oxygen atoms in total. The fourth-order valence-electron chi connectivity index (χ4n) is 3.26. The van der Waals surface area contributed by atoms with Crippen LogP contribution >= 0.6 is 0 Å². The van der Waals surface area contributed by atoms with Gasteiger partial charge in [-0.3, -0.25) is 0 Å². The highest BCUT2D eigenvalue weighted by atomic mass is 16.5. The van der Waals surface area contributed by atoms with E-state index in [0.29, 0.717) is 5.92 Å². The normalized spacial score (nSPS) is 20.9. The fraction of sp³-hybridized carbons (Fsp3) is 0.647. The van der Waals surface area contributed by atoms with Crippen molar-refractivity contribution in [3.8, 4) is 0 Å².